The van der Waals surface area contributed by atoms with Crippen LogP contribution in [-0.4, -0.2) is 52.1 Å². The smallest absolute Gasteiger partial charge is 0.316 e. The molecule has 1 aliphatic rings. The predicted molar refractivity (Wildman–Crippen MR) is 89.4 cm³/mol. The average Bonchev–Trinajstić information content (AvgIpc) is 3.01. The molecular formula is C16H20N4O3S. The van der Waals surface area contributed by atoms with E-state index in [1.54, 1.807) is 37.0 Å². The third-order valence-electron chi connectivity index (χ3n) is 3.90. The number of nitrogens with zero attached hydrogens (tertiary/aromatic N) is 4. The second-order valence-corrected chi connectivity index (χ2v) is 6.95. The first-order valence-corrected chi connectivity index (χ1v) is 8.67. The van der Waals surface area contributed by atoms with Crippen LogP contribution in [0.4, 0.5) is 0 Å². The van der Waals surface area contributed by atoms with E-state index < -0.39 is 0 Å². The molecular weight excluding hydrogens is 328 g/mol. The molecule has 0 unspecified atom stereocenters. The first-order chi connectivity index (χ1) is 11.6. The number of ether oxygens (including phenoxy) is 2. The van der Waals surface area contributed by atoms with Crippen LogP contribution in [0.5, 0.6) is 11.8 Å². The summed E-state index contributed by atoms with van der Waals surface area (Å²) < 4.78 is 10.8. The zero-order valence-electron chi connectivity index (χ0n) is 13.8. The minimum Gasteiger partial charge on any atom is -0.494 e. The van der Waals surface area contributed by atoms with Crippen molar-refractivity contribution in [2.45, 2.75) is 32.3 Å². The Morgan fingerprint density at radius 2 is 1.96 bits per heavy atom. The summed E-state index contributed by atoms with van der Waals surface area (Å²) >= 11 is 1.58. The van der Waals surface area contributed by atoms with Gasteiger partial charge >= 0.3 is 6.01 Å². The van der Waals surface area contributed by atoms with Gasteiger partial charge in [0.15, 0.2) is 5.75 Å². The van der Waals surface area contributed by atoms with Gasteiger partial charge in [0.05, 0.1) is 30.9 Å². The molecule has 0 bridgehead atoms. The first-order valence-electron chi connectivity index (χ1n) is 7.86. The Labute approximate surface area is 144 Å². The second kappa shape index (κ2) is 7.57. The van der Waals surface area contributed by atoms with E-state index in [9.17, 15) is 4.79 Å². The number of piperidine rings is 1. The number of aromatic nitrogens is 3. The van der Waals surface area contributed by atoms with Crippen molar-refractivity contribution in [1.82, 2.24) is 19.9 Å². The molecule has 3 rings (SSSR count). The van der Waals surface area contributed by atoms with Crippen LogP contribution in [0, 0.1) is 6.92 Å². The number of likely N-dealkylation sites (tertiary alicyclic amines) is 1. The molecule has 0 aromatic carbocycles. The van der Waals surface area contributed by atoms with Gasteiger partial charge in [0.2, 0.25) is 5.91 Å². The van der Waals surface area contributed by atoms with Crippen molar-refractivity contribution in [1.29, 1.82) is 0 Å². The Bertz CT molecular complexity index is 681. The fourth-order valence-corrected chi connectivity index (χ4v) is 3.38. The predicted octanol–water partition coefficient (Wildman–Crippen LogP) is 1.86. The van der Waals surface area contributed by atoms with E-state index in [0.717, 1.165) is 22.7 Å². The van der Waals surface area contributed by atoms with Gasteiger partial charge in [-0.1, -0.05) is 0 Å². The van der Waals surface area contributed by atoms with Crippen LogP contribution in [0.15, 0.2) is 18.6 Å². The third kappa shape index (κ3) is 4.19. The molecule has 2 aromatic rings. The third-order valence-corrected chi connectivity index (χ3v) is 4.81. The van der Waals surface area contributed by atoms with Gasteiger partial charge in [-0.2, -0.15) is 9.97 Å². The highest BCUT2D eigenvalue weighted by Crippen LogP contribution is 2.19. The summed E-state index contributed by atoms with van der Waals surface area (Å²) in [6, 6.07) is 0.348. The van der Waals surface area contributed by atoms with Crippen LogP contribution in [0.25, 0.3) is 0 Å². The van der Waals surface area contributed by atoms with Crippen molar-refractivity contribution in [2.75, 3.05) is 20.2 Å². The summed E-state index contributed by atoms with van der Waals surface area (Å²) in [5.74, 6) is 0.749. The molecule has 0 spiro atoms. The van der Waals surface area contributed by atoms with Crippen molar-refractivity contribution in [3.05, 3.63) is 28.5 Å². The highest BCUT2D eigenvalue weighted by Gasteiger charge is 2.24. The maximum absolute atomic E-state index is 12.3. The van der Waals surface area contributed by atoms with Crippen LogP contribution in [0.1, 0.15) is 22.7 Å². The van der Waals surface area contributed by atoms with Gasteiger partial charge in [0.1, 0.15) is 6.10 Å². The van der Waals surface area contributed by atoms with E-state index in [2.05, 4.69) is 15.0 Å². The van der Waals surface area contributed by atoms with Gasteiger partial charge in [-0.15, -0.1) is 11.3 Å². The van der Waals surface area contributed by atoms with Gasteiger partial charge < -0.3 is 14.4 Å². The summed E-state index contributed by atoms with van der Waals surface area (Å²) in [6.07, 6.45) is 6.97. The van der Waals surface area contributed by atoms with Gasteiger partial charge in [-0.3, -0.25) is 4.79 Å². The standard InChI is InChI=1S/C16H20N4O3S/c1-11-17-10-14(24-11)7-15(21)20-5-3-12(4-6-20)23-16-18-8-13(22-2)9-19-16/h8-10,12H,3-7H2,1-2H3. The Kier molecular flexibility index (Phi) is 5.24. The minimum absolute atomic E-state index is 0.0353. The first kappa shape index (κ1) is 16.6. The number of aryl methyl sites for hydroxylation is 1. The number of amides is 1. The molecule has 128 valence electrons. The molecule has 1 saturated heterocycles. The zero-order chi connectivity index (χ0) is 16.9. The Morgan fingerprint density at radius 3 is 2.54 bits per heavy atom. The van der Waals surface area contributed by atoms with Crippen LogP contribution < -0.4 is 9.47 Å². The molecule has 2 aromatic heterocycles. The van der Waals surface area contributed by atoms with Crippen molar-refractivity contribution in [3.63, 3.8) is 0 Å². The van der Waals surface area contributed by atoms with Crippen molar-refractivity contribution < 1.29 is 14.3 Å². The van der Waals surface area contributed by atoms with Gasteiger partial charge in [-0.25, -0.2) is 4.98 Å². The van der Waals surface area contributed by atoms with Crippen molar-refractivity contribution in [3.8, 4) is 11.8 Å². The Balaban J connectivity index is 1.47. The van der Waals surface area contributed by atoms with E-state index in [0.29, 0.717) is 31.3 Å². The molecule has 0 radical (unpaired) electrons. The van der Waals surface area contributed by atoms with Crippen molar-refractivity contribution >= 4 is 17.2 Å². The lowest BCUT2D eigenvalue weighted by Gasteiger charge is -2.31. The molecule has 7 nitrogen and oxygen atoms in total. The van der Waals surface area contributed by atoms with Crippen LogP contribution in [0.2, 0.25) is 0 Å². The van der Waals surface area contributed by atoms with E-state index in [1.165, 1.54) is 0 Å². The second-order valence-electron chi connectivity index (χ2n) is 5.63. The summed E-state index contributed by atoms with van der Waals surface area (Å²) in [5.41, 5.74) is 0. The van der Waals surface area contributed by atoms with E-state index in [4.69, 9.17) is 9.47 Å². The van der Waals surface area contributed by atoms with E-state index >= 15 is 0 Å². The van der Waals surface area contributed by atoms with Crippen LogP contribution >= 0.6 is 11.3 Å². The molecule has 0 saturated carbocycles. The maximum atomic E-state index is 12.3. The monoisotopic (exact) mass is 348 g/mol. The molecule has 3 heterocycles. The van der Waals surface area contributed by atoms with Gasteiger partial charge in [0, 0.05) is 37.0 Å². The minimum atomic E-state index is 0.0353. The van der Waals surface area contributed by atoms with Crippen LogP contribution in [-0.2, 0) is 11.2 Å². The topological polar surface area (TPSA) is 77.4 Å². The summed E-state index contributed by atoms with van der Waals surface area (Å²) in [4.78, 5) is 27.7. The lowest BCUT2D eigenvalue weighted by atomic mass is 10.1. The SMILES string of the molecule is COc1cnc(OC2CCN(C(=O)Cc3cnc(C)s3)CC2)nc1. The highest BCUT2D eigenvalue weighted by atomic mass is 32.1. The molecule has 8 heteroatoms. The number of hydrogen-bond donors (Lipinski definition) is 0. The number of hydrogen-bond acceptors (Lipinski definition) is 7. The molecule has 1 aliphatic heterocycles. The fraction of sp³-hybridized carbons (Fsp3) is 0.500. The lowest BCUT2D eigenvalue weighted by Crippen LogP contribution is -2.42. The number of carbonyl (C=O) groups excluding carboxylic acids is 1. The summed E-state index contributed by atoms with van der Waals surface area (Å²) in [7, 11) is 1.57. The molecule has 0 atom stereocenters. The van der Waals surface area contributed by atoms with Crippen molar-refractivity contribution in [2.24, 2.45) is 0 Å². The largest absolute Gasteiger partial charge is 0.494 e. The maximum Gasteiger partial charge on any atom is 0.316 e. The molecule has 1 amide bonds. The number of thiazole rings is 1. The average molecular weight is 348 g/mol. The zero-order valence-corrected chi connectivity index (χ0v) is 14.6. The van der Waals surface area contributed by atoms with Crippen LogP contribution in [0.3, 0.4) is 0 Å². The molecule has 1 fully saturated rings. The van der Waals surface area contributed by atoms with E-state index in [-0.39, 0.29) is 12.0 Å². The van der Waals surface area contributed by atoms with Gasteiger partial charge in [-0.05, 0) is 6.92 Å². The van der Waals surface area contributed by atoms with E-state index in [1.807, 2.05) is 11.8 Å². The summed E-state index contributed by atoms with van der Waals surface area (Å²) in [6.45, 7) is 3.33. The summed E-state index contributed by atoms with van der Waals surface area (Å²) in [5, 5.41) is 0.990. The lowest BCUT2D eigenvalue weighted by molar-refractivity contribution is -0.132. The number of methoxy groups -OCH3 is 1. The fourth-order valence-electron chi connectivity index (χ4n) is 2.59. The Hall–Kier alpha value is -2.22. The van der Waals surface area contributed by atoms with Gasteiger partial charge in [0.25, 0.3) is 0 Å². The quantitative estimate of drug-likeness (QED) is 0.821. The Morgan fingerprint density at radius 1 is 1.25 bits per heavy atom. The molecule has 24 heavy (non-hydrogen) atoms. The number of rotatable bonds is 5. The molecule has 0 aliphatic carbocycles. The highest BCUT2D eigenvalue weighted by molar-refractivity contribution is 7.11. The molecule has 0 N–H and O–H groups in total. The normalized spacial score (nSPS) is 15.3. The number of carbonyl (C=O) groups is 1.